The fraction of sp³-hybridized carbons (Fsp3) is 0.286. The highest BCUT2D eigenvalue weighted by molar-refractivity contribution is 7.97. The highest BCUT2D eigenvalue weighted by Crippen LogP contribution is 2.31. The largest absolute Gasteiger partial charge is 0.464 e. The summed E-state index contributed by atoms with van der Waals surface area (Å²) in [5.74, 6) is -0.538. The van der Waals surface area contributed by atoms with Crippen LogP contribution in [-0.4, -0.2) is 49.7 Å². The van der Waals surface area contributed by atoms with Crippen LogP contribution >= 0.6 is 0 Å². The van der Waals surface area contributed by atoms with E-state index in [4.69, 9.17) is 9.47 Å². The van der Waals surface area contributed by atoms with E-state index in [9.17, 15) is 9.59 Å². The molecule has 5 nitrogen and oxygen atoms in total. The third kappa shape index (κ3) is 5.88. The van der Waals surface area contributed by atoms with Crippen molar-refractivity contribution in [2.24, 2.45) is 0 Å². The van der Waals surface area contributed by atoms with Gasteiger partial charge in [0.2, 0.25) is 0 Å². The summed E-state index contributed by atoms with van der Waals surface area (Å²) in [5, 5.41) is 0. The monoisotopic (exact) mass is 476 g/mol. The Hall–Kier alpha value is -3.09. The molecule has 0 spiro atoms. The minimum Gasteiger partial charge on any atom is -0.464 e. The van der Waals surface area contributed by atoms with Gasteiger partial charge in [0.25, 0.3) is 0 Å². The fourth-order valence-electron chi connectivity index (χ4n) is 4.01. The lowest BCUT2D eigenvalue weighted by atomic mass is 10.0. The lowest BCUT2D eigenvalue weighted by molar-refractivity contribution is -0.147. The first-order chi connectivity index (χ1) is 16.5. The van der Waals surface area contributed by atoms with Crippen LogP contribution in [0.15, 0.2) is 99.6 Å². The minimum absolute atomic E-state index is 0.0648. The third-order valence-corrected chi connectivity index (χ3v) is 8.19. The summed E-state index contributed by atoms with van der Waals surface area (Å²) in [5.41, 5.74) is 1.12. The first-order valence-electron chi connectivity index (χ1n) is 11.5. The number of nitrogens with zero attached hydrogens (tertiary/aromatic N) is 1. The van der Waals surface area contributed by atoms with Crippen LogP contribution in [0.1, 0.15) is 24.8 Å². The van der Waals surface area contributed by atoms with Crippen LogP contribution in [-0.2, 0) is 30.0 Å². The van der Waals surface area contributed by atoms with E-state index >= 15 is 0 Å². The second-order valence-corrected chi connectivity index (χ2v) is 10.5. The maximum absolute atomic E-state index is 12.3. The Morgan fingerprint density at radius 2 is 1.53 bits per heavy atom. The number of likely N-dealkylation sites (N-methyl/N-ethyl adjacent to an activating group) is 1. The molecule has 2 atom stereocenters. The number of esters is 2. The molecule has 3 aromatic rings. The molecule has 0 amide bonds. The highest BCUT2D eigenvalue weighted by Gasteiger charge is 2.31. The first kappa shape index (κ1) is 24.0. The van der Waals surface area contributed by atoms with Crippen molar-refractivity contribution in [2.45, 2.75) is 40.0 Å². The number of hydrogen-bond acceptors (Lipinski definition) is 5. The van der Waals surface area contributed by atoms with Crippen LogP contribution < -0.4 is 0 Å². The van der Waals surface area contributed by atoms with Gasteiger partial charge in [0, 0.05) is 12.3 Å². The summed E-state index contributed by atoms with van der Waals surface area (Å²) in [6, 6.07) is 29.3. The van der Waals surface area contributed by atoms with Gasteiger partial charge in [-0.2, -0.15) is 0 Å². The quantitative estimate of drug-likeness (QED) is 0.332. The van der Waals surface area contributed by atoms with E-state index in [2.05, 4.69) is 79.7 Å². The third-order valence-electron chi connectivity index (χ3n) is 5.96. The summed E-state index contributed by atoms with van der Waals surface area (Å²) >= 11 is 0. The SMILES string of the molecule is CC(COC(=O)CN(C)C1CCOC1=O)c1ccc([S+](c2ccccc2)c2ccccc2)cc1. The number of ether oxygens (including phenoxy) is 2. The molecule has 3 aromatic carbocycles. The predicted molar refractivity (Wildman–Crippen MR) is 133 cm³/mol. The normalized spacial score (nSPS) is 16.5. The van der Waals surface area contributed by atoms with E-state index in [1.807, 2.05) is 12.1 Å². The van der Waals surface area contributed by atoms with Gasteiger partial charge in [-0.05, 0) is 49.0 Å². The van der Waals surface area contributed by atoms with Crippen molar-refractivity contribution in [1.29, 1.82) is 0 Å². The predicted octanol–water partition coefficient (Wildman–Crippen LogP) is 4.68. The van der Waals surface area contributed by atoms with Crippen molar-refractivity contribution >= 4 is 22.8 Å². The van der Waals surface area contributed by atoms with Gasteiger partial charge in [0.05, 0.1) is 30.7 Å². The van der Waals surface area contributed by atoms with Crippen molar-refractivity contribution < 1.29 is 19.1 Å². The van der Waals surface area contributed by atoms with Gasteiger partial charge in [-0.15, -0.1) is 0 Å². The van der Waals surface area contributed by atoms with Gasteiger partial charge in [-0.1, -0.05) is 55.5 Å². The molecule has 0 N–H and O–H groups in total. The average molecular weight is 477 g/mol. The average Bonchev–Trinajstić information content (AvgIpc) is 3.30. The van der Waals surface area contributed by atoms with Crippen molar-refractivity contribution in [3.05, 3.63) is 90.5 Å². The zero-order chi connectivity index (χ0) is 23.9. The van der Waals surface area contributed by atoms with Crippen LogP contribution in [0, 0.1) is 0 Å². The first-order valence-corrected chi connectivity index (χ1v) is 12.7. The Balaban J connectivity index is 1.39. The smallest absolute Gasteiger partial charge is 0.323 e. The van der Waals surface area contributed by atoms with Gasteiger partial charge in [0.15, 0.2) is 14.7 Å². The number of benzene rings is 3. The Kier molecular flexibility index (Phi) is 8.03. The molecule has 0 bridgehead atoms. The lowest BCUT2D eigenvalue weighted by Gasteiger charge is -2.20. The molecule has 0 radical (unpaired) electrons. The Morgan fingerprint density at radius 1 is 0.971 bits per heavy atom. The summed E-state index contributed by atoms with van der Waals surface area (Å²) in [6.07, 6.45) is 0.610. The zero-order valence-corrected chi connectivity index (χ0v) is 20.4. The molecule has 6 heteroatoms. The van der Waals surface area contributed by atoms with Crippen molar-refractivity contribution in [1.82, 2.24) is 4.90 Å². The van der Waals surface area contributed by atoms with Gasteiger partial charge in [-0.3, -0.25) is 14.5 Å². The molecular weight excluding hydrogens is 446 g/mol. The molecule has 2 unspecified atom stereocenters. The summed E-state index contributed by atoms with van der Waals surface area (Å²) in [7, 11) is 1.56. The van der Waals surface area contributed by atoms with Gasteiger partial charge in [-0.25, -0.2) is 0 Å². The summed E-state index contributed by atoms with van der Waals surface area (Å²) in [6.45, 7) is 2.83. The summed E-state index contributed by atoms with van der Waals surface area (Å²) < 4.78 is 10.5. The van der Waals surface area contributed by atoms with E-state index in [-0.39, 0.29) is 41.3 Å². The highest BCUT2D eigenvalue weighted by atomic mass is 32.2. The summed E-state index contributed by atoms with van der Waals surface area (Å²) in [4.78, 5) is 29.5. The molecule has 0 saturated carbocycles. The minimum atomic E-state index is -0.361. The van der Waals surface area contributed by atoms with Crippen LogP contribution in [0.25, 0.3) is 0 Å². The van der Waals surface area contributed by atoms with E-state index in [0.29, 0.717) is 19.6 Å². The molecule has 1 saturated heterocycles. The maximum Gasteiger partial charge on any atom is 0.323 e. The molecule has 1 aliphatic heterocycles. The topological polar surface area (TPSA) is 55.8 Å². The van der Waals surface area contributed by atoms with Crippen molar-refractivity contribution in [2.75, 3.05) is 26.8 Å². The molecule has 0 aliphatic carbocycles. The van der Waals surface area contributed by atoms with Gasteiger partial charge in [0.1, 0.15) is 6.04 Å². The van der Waals surface area contributed by atoms with E-state index in [0.717, 1.165) is 5.56 Å². The van der Waals surface area contributed by atoms with E-state index in [1.165, 1.54) is 14.7 Å². The molecule has 176 valence electrons. The molecule has 1 aliphatic rings. The molecule has 34 heavy (non-hydrogen) atoms. The Labute approximate surface area is 204 Å². The number of rotatable bonds is 9. The molecule has 0 aromatic heterocycles. The lowest BCUT2D eigenvalue weighted by Crippen LogP contribution is -2.39. The molecule has 1 fully saturated rings. The molecule has 4 rings (SSSR count). The standard InChI is InChI=1S/C28H30NO4S/c1-21(20-33-27(30)19-29(2)26-17-18-32-28(26)31)22-13-15-25(16-14-22)34(23-9-5-3-6-10-23)24-11-7-4-8-12-24/h3-16,21,26H,17-20H2,1-2H3/q+1. The van der Waals surface area contributed by atoms with Crippen molar-refractivity contribution in [3.63, 3.8) is 0 Å². The van der Waals surface area contributed by atoms with E-state index in [1.54, 1.807) is 11.9 Å². The second kappa shape index (κ2) is 11.4. The molecular formula is C28H30NO4S+. The maximum atomic E-state index is 12.3. The van der Waals surface area contributed by atoms with Crippen LogP contribution in [0.4, 0.5) is 0 Å². The van der Waals surface area contributed by atoms with Crippen LogP contribution in [0.2, 0.25) is 0 Å². The number of carbonyl (C=O) groups is 2. The van der Waals surface area contributed by atoms with Crippen molar-refractivity contribution in [3.8, 4) is 0 Å². The fourth-order valence-corrected chi connectivity index (χ4v) is 6.10. The van der Waals surface area contributed by atoms with Crippen LogP contribution in [0.5, 0.6) is 0 Å². The number of cyclic esters (lactones) is 1. The Morgan fingerprint density at radius 3 is 2.06 bits per heavy atom. The number of hydrogen-bond donors (Lipinski definition) is 0. The number of carbonyl (C=O) groups excluding carboxylic acids is 2. The Bertz CT molecular complexity index is 1050. The second-order valence-electron chi connectivity index (χ2n) is 8.47. The van der Waals surface area contributed by atoms with Crippen LogP contribution in [0.3, 0.4) is 0 Å². The van der Waals surface area contributed by atoms with Gasteiger partial charge < -0.3 is 9.47 Å². The van der Waals surface area contributed by atoms with E-state index < -0.39 is 0 Å². The van der Waals surface area contributed by atoms with Gasteiger partial charge >= 0.3 is 11.9 Å². The zero-order valence-electron chi connectivity index (χ0n) is 19.6. The molecule has 1 heterocycles.